The topological polar surface area (TPSA) is 49.4 Å². The van der Waals surface area contributed by atoms with Crippen LogP contribution in [0, 0.1) is 11.7 Å². The number of carbonyl (C=O) groups excluding carboxylic acids is 2. The summed E-state index contributed by atoms with van der Waals surface area (Å²) in [7, 11) is 1.59. The maximum Gasteiger partial charge on any atom is 0.227 e. The van der Waals surface area contributed by atoms with Crippen molar-refractivity contribution < 1.29 is 14.0 Å². The van der Waals surface area contributed by atoms with E-state index in [1.165, 1.54) is 30.0 Å². The van der Waals surface area contributed by atoms with Crippen molar-refractivity contribution in [1.82, 2.24) is 0 Å². The molecule has 1 N–H and O–H groups in total. The molecule has 1 aliphatic carbocycles. The molecule has 0 atom stereocenters. The Kier molecular flexibility index (Phi) is 3.32. The zero-order valence-electron chi connectivity index (χ0n) is 10.4. The molecule has 0 aliphatic heterocycles. The van der Waals surface area contributed by atoms with Crippen molar-refractivity contribution in [3.05, 3.63) is 24.0 Å². The van der Waals surface area contributed by atoms with E-state index in [-0.39, 0.29) is 17.7 Å². The first-order chi connectivity index (χ1) is 8.49. The fraction of sp³-hybridized carbons (Fsp3) is 0.385. The number of anilines is 2. The van der Waals surface area contributed by atoms with Crippen molar-refractivity contribution in [2.75, 3.05) is 17.3 Å². The largest absolute Gasteiger partial charge is 0.324 e. The third-order valence-electron chi connectivity index (χ3n) is 3.00. The van der Waals surface area contributed by atoms with Gasteiger partial charge >= 0.3 is 0 Å². The van der Waals surface area contributed by atoms with Crippen LogP contribution in [-0.2, 0) is 9.59 Å². The summed E-state index contributed by atoms with van der Waals surface area (Å²) in [5, 5.41) is 2.68. The SMILES string of the molecule is CC(=O)N(C)c1ccc(F)cc1NC(=O)C1CC1. The van der Waals surface area contributed by atoms with Crippen molar-refractivity contribution in [2.45, 2.75) is 19.8 Å². The van der Waals surface area contributed by atoms with E-state index >= 15 is 0 Å². The van der Waals surface area contributed by atoms with E-state index in [0.717, 1.165) is 12.8 Å². The van der Waals surface area contributed by atoms with E-state index in [1.54, 1.807) is 7.05 Å². The summed E-state index contributed by atoms with van der Waals surface area (Å²) in [6.07, 6.45) is 1.75. The Morgan fingerprint density at radius 3 is 2.61 bits per heavy atom. The molecule has 1 saturated carbocycles. The fourth-order valence-corrected chi connectivity index (χ4v) is 1.65. The first kappa shape index (κ1) is 12.5. The van der Waals surface area contributed by atoms with Gasteiger partial charge in [0, 0.05) is 19.9 Å². The summed E-state index contributed by atoms with van der Waals surface area (Å²) in [6, 6.07) is 3.98. The van der Waals surface area contributed by atoms with Gasteiger partial charge in [-0.1, -0.05) is 0 Å². The summed E-state index contributed by atoms with van der Waals surface area (Å²) in [4.78, 5) is 24.4. The number of hydrogen-bond donors (Lipinski definition) is 1. The number of nitrogens with one attached hydrogen (secondary N) is 1. The van der Waals surface area contributed by atoms with Crippen LogP contribution < -0.4 is 10.2 Å². The predicted octanol–water partition coefficient (Wildman–Crippen LogP) is 2.16. The highest BCUT2D eigenvalue weighted by Gasteiger charge is 2.30. The van der Waals surface area contributed by atoms with E-state index in [0.29, 0.717) is 11.4 Å². The van der Waals surface area contributed by atoms with Gasteiger partial charge in [0.1, 0.15) is 5.82 Å². The Balaban J connectivity index is 2.27. The van der Waals surface area contributed by atoms with Gasteiger partial charge < -0.3 is 10.2 Å². The lowest BCUT2D eigenvalue weighted by atomic mass is 10.2. The number of nitrogens with zero attached hydrogens (tertiary/aromatic N) is 1. The molecular formula is C13H15FN2O2. The second-order valence-corrected chi connectivity index (χ2v) is 4.50. The van der Waals surface area contributed by atoms with Gasteiger partial charge in [0.05, 0.1) is 11.4 Å². The molecule has 0 spiro atoms. The van der Waals surface area contributed by atoms with Gasteiger partial charge in [-0.3, -0.25) is 9.59 Å². The normalized spacial score (nSPS) is 14.2. The summed E-state index contributed by atoms with van der Waals surface area (Å²) >= 11 is 0. The molecule has 0 radical (unpaired) electrons. The molecule has 0 heterocycles. The molecule has 18 heavy (non-hydrogen) atoms. The number of amides is 2. The smallest absolute Gasteiger partial charge is 0.227 e. The molecule has 2 amide bonds. The lowest BCUT2D eigenvalue weighted by Gasteiger charge is -2.19. The standard InChI is InChI=1S/C13H15FN2O2/c1-8(17)16(2)12-6-5-10(14)7-11(12)15-13(18)9-3-4-9/h5-7,9H,3-4H2,1-2H3,(H,15,18). The minimum Gasteiger partial charge on any atom is -0.324 e. The molecule has 96 valence electrons. The molecule has 1 aromatic rings. The maximum absolute atomic E-state index is 13.2. The lowest BCUT2D eigenvalue weighted by Crippen LogP contribution is -2.25. The summed E-state index contributed by atoms with van der Waals surface area (Å²) in [6.45, 7) is 1.41. The number of hydrogen-bond acceptors (Lipinski definition) is 2. The number of benzene rings is 1. The second-order valence-electron chi connectivity index (χ2n) is 4.50. The second kappa shape index (κ2) is 4.76. The summed E-state index contributed by atoms with van der Waals surface area (Å²) < 4.78 is 13.2. The van der Waals surface area contributed by atoms with Gasteiger partial charge in [-0.2, -0.15) is 0 Å². The molecular weight excluding hydrogens is 235 g/mol. The van der Waals surface area contributed by atoms with Crippen LogP contribution in [0.25, 0.3) is 0 Å². The van der Waals surface area contributed by atoms with Crippen molar-refractivity contribution in [3.63, 3.8) is 0 Å². The van der Waals surface area contributed by atoms with Gasteiger partial charge in [0.25, 0.3) is 0 Å². The van der Waals surface area contributed by atoms with E-state index in [1.807, 2.05) is 0 Å². The van der Waals surface area contributed by atoms with Crippen LogP contribution in [0.1, 0.15) is 19.8 Å². The molecule has 0 aromatic heterocycles. The highest BCUT2D eigenvalue weighted by molar-refractivity contribution is 6.01. The van der Waals surface area contributed by atoms with Crippen molar-refractivity contribution in [1.29, 1.82) is 0 Å². The van der Waals surface area contributed by atoms with Gasteiger partial charge in [0.2, 0.25) is 11.8 Å². The van der Waals surface area contributed by atoms with Gasteiger partial charge in [-0.05, 0) is 31.0 Å². The van der Waals surface area contributed by atoms with Crippen LogP contribution in [0.4, 0.5) is 15.8 Å². The monoisotopic (exact) mass is 250 g/mol. The highest BCUT2D eigenvalue weighted by atomic mass is 19.1. The lowest BCUT2D eigenvalue weighted by molar-refractivity contribution is -0.117. The summed E-state index contributed by atoms with van der Waals surface area (Å²) in [5.41, 5.74) is 0.836. The van der Waals surface area contributed by atoms with Crippen molar-refractivity contribution in [2.24, 2.45) is 5.92 Å². The van der Waals surface area contributed by atoms with Crippen LogP contribution in [0.3, 0.4) is 0 Å². The molecule has 0 unspecified atom stereocenters. The van der Waals surface area contributed by atoms with E-state index < -0.39 is 5.82 Å². The Bertz CT molecular complexity index is 498. The first-order valence-electron chi connectivity index (χ1n) is 5.83. The van der Waals surface area contributed by atoms with E-state index in [9.17, 15) is 14.0 Å². The number of halogens is 1. The molecule has 4 nitrogen and oxygen atoms in total. The molecule has 1 aromatic carbocycles. The number of carbonyl (C=O) groups is 2. The minimum atomic E-state index is -0.443. The molecule has 2 rings (SSSR count). The molecule has 5 heteroatoms. The average Bonchev–Trinajstić information content (AvgIpc) is 3.12. The Morgan fingerprint density at radius 2 is 2.06 bits per heavy atom. The molecule has 0 bridgehead atoms. The third-order valence-corrected chi connectivity index (χ3v) is 3.00. The average molecular weight is 250 g/mol. The molecule has 1 aliphatic rings. The Hall–Kier alpha value is -1.91. The Labute approximate surface area is 105 Å². The van der Waals surface area contributed by atoms with E-state index in [4.69, 9.17) is 0 Å². The van der Waals surface area contributed by atoms with Crippen molar-refractivity contribution in [3.8, 4) is 0 Å². The molecule has 1 fully saturated rings. The quantitative estimate of drug-likeness (QED) is 0.893. The summed E-state index contributed by atoms with van der Waals surface area (Å²) in [5.74, 6) is -0.701. The predicted molar refractivity (Wildman–Crippen MR) is 66.8 cm³/mol. The Morgan fingerprint density at radius 1 is 1.39 bits per heavy atom. The van der Waals surface area contributed by atoms with Crippen LogP contribution in [-0.4, -0.2) is 18.9 Å². The highest BCUT2D eigenvalue weighted by Crippen LogP contribution is 2.32. The fourth-order valence-electron chi connectivity index (χ4n) is 1.65. The third kappa shape index (κ3) is 2.67. The van der Waals surface area contributed by atoms with Crippen LogP contribution in [0.15, 0.2) is 18.2 Å². The number of rotatable bonds is 3. The minimum absolute atomic E-state index is 0.0313. The van der Waals surface area contributed by atoms with Crippen LogP contribution in [0.5, 0.6) is 0 Å². The van der Waals surface area contributed by atoms with E-state index in [2.05, 4.69) is 5.32 Å². The van der Waals surface area contributed by atoms with Crippen LogP contribution in [0.2, 0.25) is 0 Å². The molecule has 0 saturated heterocycles. The zero-order chi connectivity index (χ0) is 13.3. The van der Waals surface area contributed by atoms with Gasteiger partial charge in [-0.15, -0.1) is 0 Å². The maximum atomic E-state index is 13.2. The van der Waals surface area contributed by atoms with Crippen molar-refractivity contribution >= 4 is 23.2 Å². The van der Waals surface area contributed by atoms with Gasteiger partial charge in [0.15, 0.2) is 0 Å². The zero-order valence-corrected chi connectivity index (χ0v) is 10.4. The van der Waals surface area contributed by atoms with Crippen LogP contribution >= 0.6 is 0 Å². The van der Waals surface area contributed by atoms with Gasteiger partial charge in [-0.25, -0.2) is 4.39 Å². The first-order valence-corrected chi connectivity index (χ1v) is 5.83.